The minimum Gasteiger partial charge on any atom is -0.393 e. The second kappa shape index (κ2) is 5.79. The van der Waals surface area contributed by atoms with Crippen LogP contribution in [0.25, 0.3) is 0 Å². The van der Waals surface area contributed by atoms with E-state index in [1.807, 2.05) is 6.92 Å². The van der Waals surface area contributed by atoms with Gasteiger partial charge in [0.05, 0.1) is 11.0 Å². The van der Waals surface area contributed by atoms with Crippen LogP contribution in [0.4, 0.5) is 0 Å². The van der Waals surface area contributed by atoms with Gasteiger partial charge < -0.3 is 5.11 Å². The number of nitrogens with zero attached hydrogens (tertiary/aromatic N) is 1. The van der Waals surface area contributed by atoms with Crippen LogP contribution in [0.5, 0.6) is 0 Å². The van der Waals surface area contributed by atoms with Crippen molar-refractivity contribution in [1.82, 2.24) is 4.31 Å². The zero-order chi connectivity index (χ0) is 14.0. The van der Waals surface area contributed by atoms with E-state index in [1.165, 1.54) is 16.4 Å². The Bertz CT molecular complexity index is 529. The van der Waals surface area contributed by atoms with Gasteiger partial charge in [0.1, 0.15) is 0 Å². The van der Waals surface area contributed by atoms with Gasteiger partial charge in [-0.25, -0.2) is 8.42 Å². The number of aliphatic hydroxyl groups excluding tert-OH is 1. The summed E-state index contributed by atoms with van der Waals surface area (Å²) in [7, 11) is -3.50. The maximum atomic E-state index is 12.6. The van der Waals surface area contributed by atoms with Crippen molar-refractivity contribution in [2.75, 3.05) is 6.54 Å². The minimum absolute atomic E-state index is 0.135. The highest BCUT2D eigenvalue weighted by Gasteiger charge is 2.35. The molecular formula is C13H18ClNO3S. The van der Waals surface area contributed by atoms with Crippen LogP contribution in [0.2, 0.25) is 5.02 Å². The van der Waals surface area contributed by atoms with E-state index >= 15 is 0 Å². The average Bonchev–Trinajstić information content (AvgIpc) is 2.38. The zero-order valence-electron chi connectivity index (χ0n) is 10.8. The molecule has 1 aliphatic heterocycles. The lowest BCUT2D eigenvalue weighted by molar-refractivity contribution is 0.0797. The molecule has 0 saturated carbocycles. The van der Waals surface area contributed by atoms with Crippen LogP contribution < -0.4 is 0 Å². The first kappa shape index (κ1) is 14.8. The molecule has 1 aromatic carbocycles. The molecule has 0 spiro atoms. The van der Waals surface area contributed by atoms with E-state index in [1.54, 1.807) is 12.1 Å². The molecule has 1 saturated heterocycles. The van der Waals surface area contributed by atoms with Gasteiger partial charge in [0.25, 0.3) is 0 Å². The van der Waals surface area contributed by atoms with Crippen molar-refractivity contribution in [3.8, 4) is 0 Å². The second-order valence-electron chi connectivity index (χ2n) is 4.81. The van der Waals surface area contributed by atoms with E-state index in [-0.39, 0.29) is 10.9 Å². The maximum Gasteiger partial charge on any atom is 0.243 e. The lowest BCUT2D eigenvalue weighted by Gasteiger charge is -2.36. The Morgan fingerprint density at radius 1 is 1.37 bits per heavy atom. The summed E-state index contributed by atoms with van der Waals surface area (Å²) in [6, 6.07) is 6.07. The number of piperidine rings is 1. The van der Waals surface area contributed by atoms with Crippen LogP contribution in [0.3, 0.4) is 0 Å². The van der Waals surface area contributed by atoms with Crippen LogP contribution in [-0.2, 0) is 10.0 Å². The maximum absolute atomic E-state index is 12.6. The quantitative estimate of drug-likeness (QED) is 0.932. The van der Waals surface area contributed by atoms with Crippen molar-refractivity contribution in [2.24, 2.45) is 0 Å². The Morgan fingerprint density at radius 3 is 2.58 bits per heavy atom. The Balaban J connectivity index is 2.30. The van der Waals surface area contributed by atoms with Gasteiger partial charge in [-0.1, -0.05) is 18.5 Å². The van der Waals surface area contributed by atoms with Crippen molar-refractivity contribution in [3.63, 3.8) is 0 Å². The Hall–Kier alpha value is -0.620. The normalized spacial score (nSPS) is 25.4. The summed E-state index contributed by atoms with van der Waals surface area (Å²) in [5.74, 6) is 0. The van der Waals surface area contributed by atoms with Crippen molar-refractivity contribution >= 4 is 21.6 Å². The summed E-state index contributed by atoms with van der Waals surface area (Å²) in [5, 5.41) is 10.2. The number of hydrogen-bond donors (Lipinski definition) is 1. The molecule has 1 fully saturated rings. The Morgan fingerprint density at radius 2 is 2.00 bits per heavy atom. The number of benzene rings is 1. The van der Waals surface area contributed by atoms with E-state index in [9.17, 15) is 13.5 Å². The molecule has 0 aliphatic carbocycles. The number of sulfonamides is 1. The van der Waals surface area contributed by atoms with Gasteiger partial charge in [-0.3, -0.25) is 0 Å². The number of halogens is 1. The molecule has 0 radical (unpaired) electrons. The van der Waals surface area contributed by atoms with Crippen molar-refractivity contribution < 1.29 is 13.5 Å². The topological polar surface area (TPSA) is 57.6 Å². The molecule has 19 heavy (non-hydrogen) atoms. The van der Waals surface area contributed by atoms with Gasteiger partial charge >= 0.3 is 0 Å². The van der Waals surface area contributed by atoms with E-state index in [2.05, 4.69) is 0 Å². The van der Waals surface area contributed by atoms with Gasteiger partial charge in [-0.05, 0) is 43.5 Å². The molecule has 2 rings (SSSR count). The fourth-order valence-electron chi connectivity index (χ4n) is 2.44. The Labute approximate surface area is 119 Å². The van der Waals surface area contributed by atoms with Gasteiger partial charge in [0.2, 0.25) is 10.0 Å². The van der Waals surface area contributed by atoms with Gasteiger partial charge in [-0.2, -0.15) is 4.31 Å². The summed E-state index contributed by atoms with van der Waals surface area (Å²) in [6.45, 7) is 2.30. The van der Waals surface area contributed by atoms with Crippen LogP contribution in [0, 0.1) is 0 Å². The number of hydrogen-bond acceptors (Lipinski definition) is 3. The highest BCUT2D eigenvalue weighted by molar-refractivity contribution is 7.89. The monoisotopic (exact) mass is 303 g/mol. The third kappa shape index (κ3) is 3.11. The largest absolute Gasteiger partial charge is 0.393 e. The highest BCUT2D eigenvalue weighted by Crippen LogP contribution is 2.27. The summed E-state index contributed by atoms with van der Waals surface area (Å²) in [4.78, 5) is 0.256. The summed E-state index contributed by atoms with van der Waals surface area (Å²) < 4.78 is 26.7. The molecule has 0 bridgehead atoms. The first-order valence-corrected chi connectivity index (χ1v) is 8.22. The fraction of sp³-hybridized carbons (Fsp3) is 0.538. The van der Waals surface area contributed by atoms with E-state index < -0.39 is 16.1 Å². The first-order chi connectivity index (χ1) is 8.95. The third-order valence-electron chi connectivity index (χ3n) is 3.53. The molecule has 106 valence electrons. The summed E-state index contributed by atoms with van der Waals surface area (Å²) in [6.07, 6.45) is 1.29. The van der Waals surface area contributed by atoms with Gasteiger partial charge in [0.15, 0.2) is 0 Å². The van der Waals surface area contributed by atoms with Crippen molar-refractivity contribution in [1.29, 1.82) is 0 Å². The van der Waals surface area contributed by atoms with Crippen LogP contribution >= 0.6 is 11.6 Å². The Kier molecular flexibility index (Phi) is 4.50. The molecular weight excluding hydrogens is 286 g/mol. The smallest absolute Gasteiger partial charge is 0.243 e. The first-order valence-electron chi connectivity index (χ1n) is 6.40. The minimum atomic E-state index is -3.50. The van der Waals surface area contributed by atoms with Gasteiger partial charge in [-0.15, -0.1) is 0 Å². The lowest BCUT2D eigenvalue weighted by atomic mass is 10.0. The van der Waals surface area contributed by atoms with Gasteiger partial charge in [0, 0.05) is 17.6 Å². The predicted octanol–water partition coefficient (Wildman–Crippen LogP) is 2.26. The second-order valence-corrected chi connectivity index (χ2v) is 7.14. The fourth-order valence-corrected chi connectivity index (χ4v) is 4.29. The van der Waals surface area contributed by atoms with Crippen LogP contribution in [-0.4, -0.2) is 36.5 Å². The number of aliphatic hydroxyl groups is 1. The molecule has 2 atom stereocenters. The molecule has 0 aromatic heterocycles. The summed E-state index contributed by atoms with van der Waals surface area (Å²) >= 11 is 5.78. The van der Waals surface area contributed by atoms with Crippen molar-refractivity contribution in [2.45, 2.75) is 43.2 Å². The molecule has 1 aromatic rings. The molecule has 1 N–H and O–H groups in total. The molecule has 0 amide bonds. The van der Waals surface area contributed by atoms with E-state index in [0.29, 0.717) is 30.8 Å². The SMILES string of the molecule is CC[C@H]1C[C@@H](O)CCN1S(=O)(=O)c1ccc(Cl)cc1. The molecule has 6 heteroatoms. The van der Waals surface area contributed by atoms with E-state index in [0.717, 1.165) is 0 Å². The lowest BCUT2D eigenvalue weighted by Crippen LogP contribution is -2.47. The summed E-state index contributed by atoms with van der Waals surface area (Å²) in [5.41, 5.74) is 0. The molecule has 4 nitrogen and oxygen atoms in total. The molecule has 1 heterocycles. The van der Waals surface area contributed by atoms with E-state index in [4.69, 9.17) is 11.6 Å². The molecule has 1 aliphatic rings. The van der Waals surface area contributed by atoms with Crippen LogP contribution in [0.15, 0.2) is 29.2 Å². The average molecular weight is 304 g/mol. The third-order valence-corrected chi connectivity index (χ3v) is 5.74. The highest BCUT2D eigenvalue weighted by atomic mass is 35.5. The van der Waals surface area contributed by atoms with Crippen LogP contribution in [0.1, 0.15) is 26.2 Å². The number of rotatable bonds is 3. The van der Waals surface area contributed by atoms with Crippen molar-refractivity contribution in [3.05, 3.63) is 29.3 Å². The molecule has 0 unspecified atom stereocenters. The predicted molar refractivity (Wildman–Crippen MR) is 74.7 cm³/mol. The zero-order valence-corrected chi connectivity index (χ0v) is 12.4. The standard InChI is InChI=1S/C13H18ClNO3S/c1-2-11-9-12(16)7-8-15(11)19(17,18)13-5-3-10(14)4-6-13/h3-6,11-12,16H,2,7-9H2,1H3/t11-,12-/m0/s1.